The van der Waals surface area contributed by atoms with E-state index in [0.29, 0.717) is 5.57 Å². The van der Waals surface area contributed by atoms with Crippen LogP contribution in [0.25, 0.3) is 28.1 Å². The summed E-state index contributed by atoms with van der Waals surface area (Å²) in [6.45, 7) is 7.80. The average molecular weight is 319 g/mol. The Kier molecular flexibility index (Phi) is 4.02. The first kappa shape index (κ1) is 16.1. The Balaban J connectivity index is 2.11. The van der Waals surface area contributed by atoms with Gasteiger partial charge in [0.15, 0.2) is 0 Å². The van der Waals surface area contributed by atoms with Crippen molar-refractivity contribution in [1.82, 2.24) is 4.98 Å². The molecule has 0 saturated carbocycles. The zero-order valence-electron chi connectivity index (χ0n) is 14.4. The number of hydrogen-bond acceptors (Lipinski definition) is 1. The van der Waals surface area contributed by atoms with Gasteiger partial charge in [-0.15, -0.1) is 0 Å². The van der Waals surface area contributed by atoms with Crippen molar-refractivity contribution in [3.8, 4) is 11.1 Å². The van der Waals surface area contributed by atoms with Gasteiger partial charge in [0.25, 0.3) is 0 Å². The van der Waals surface area contributed by atoms with Crippen molar-refractivity contribution in [3.63, 3.8) is 0 Å². The fourth-order valence-corrected chi connectivity index (χ4v) is 3.03. The standard InChI is InChI=1S/C21H21NO2/c1-12-9-18(13(2)7-17(12)8-14(3)21(23)24)16-5-6-20-19(10-16)15(4)11-22-20/h5-11,22H,1-4H3,(H,23,24). The summed E-state index contributed by atoms with van der Waals surface area (Å²) in [6, 6.07) is 10.6. The summed E-state index contributed by atoms with van der Waals surface area (Å²) < 4.78 is 0. The normalized spacial score (nSPS) is 11.9. The van der Waals surface area contributed by atoms with E-state index in [1.54, 1.807) is 13.0 Å². The number of aliphatic carboxylic acids is 1. The Morgan fingerprint density at radius 1 is 1.04 bits per heavy atom. The molecule has 3 aromatic rings. The van der Waals surface area contributed by atoms with Gasteiger partial charge in [0.2, 0.25) is 0 Å². The van der Waals surface area contributed by atoms with E-state index in [0.717, 1.165) is 22.2 Å². The second-order valence-electron chi connectivity index (χ2n) is 6.39. The number of H-pyrrole nitrogens is 1. The molecule has 0 spiro atoms. The number of hydrogen-bond donors (Lipinski definition) is 2. The van der Waals surface area contributed by atoms with Crippen LogP contribution in [0.5, 0.6) is 0 Å². The van der Waals surface area contributed by atoms with Gasteiger partial charge in [-0.1, -0.05) is 18.2 Å². The van der Waals surface area contributed by atoms with E-state index >= 15 is 0 Å². The van der Waals surface area contributed by atoms with Crippen LogP contribution in [0, 0.1) is 20.8 Å². The van der Waals surface area contributed by atoms with E-state index in [4.69, 9.17) is 5.11 Å². The van der Waals surface area contributed by atoms with Gasteiger partial charge in [-0.3, -0.25) is 0 Å². The van der Waals surface area contributed by atoms with Gasteiger partial charge in [-0.05, 0) is 79.3 Å². The minimum Gasteiger partial charge on any atom is -0.478 e. The summed E-state index contributed by atoms with van der Waals surface area (Å²) in [5.41, 5.74) is 8.24. The van der Waals surface area contributed by atoms with Crippen molar-refractivity contribution in [2.75, 3.05) is 0 Å². The third-order valence-corrected chi connectivity index (χ3v) is 4.52. The van der Waals surface area contributed by atoms with E-state index < -0.39 is 5.97 Å². The first-order valence-electron chi connectivity index (χ1n) is 7.98. The van der Waals surface area contributed by atoms with E-state index in [2.05, 4.69) is 49.2 Å². The molecule has 1 aromatic heterocycles. The zero-order chi connectivity index (χ0) is 17.4. The summed E-state index contributed by atoms with van der Waals surface area (Å²) in [7, 11) is 0. The third-order valence-electron chi connectivity index (χ3n) is 4.52. The van der Waals surface area contributed by atoms with Gasteiger partial charge in [0, 0.05) is 22.7 Å². The van der Waals surface area contributed by atoms with Gasteiger partial charge >= 0.3 is 5.97 Å². The smallest absolute Gasteiger partial charge is 0.331 e. The second-order valence-corrected chi connectivity index (χ2v) is 6.39. The zero-order valence-corrected chi connectivity index (χ0v) is 14.4. The molecular weight excluding hydrogens is 298 g/mol. The van der Waals surface area contributed by atoms with Crippen molar-refractivity contribution < 1.29 is 9.90 Å². The lowest BCUT2D eigenvalue weighted by Crippen LogP contribution is -1.97. The summed E-state index contributed by atoms with van der Waals surface area (Å²) in [5, 5.41) is 10.3. The van der Waals surface area contributed by atoms with Crippen molar-refractivity contribution in [2.24, 2.45) is 0 Å². The fraction of sp³-hybridized carbons (Fsp3) is 0.190. The van der Waals surface area contributed by atoms with Crippen molar-refractivity contribution in [1.29, 1.82) is 0 Å². The van der Waals surface area contributed by atoms with Crippen LogP contribution in [0.3, 0.4) is 0 Å². The van der Waals surface area contributed by atoms with E-state index in [9.17, 15) is 4.79 Å². The monoisotopic (exact) mass is 319 g/mol. The van der Waals surface area contributed by atoms with Gasteiger partial charge in [-0.25, -0.2) is 4.79 Å². The minimum atomic E-state index is -0.885. The number of carbonyl (C=O) groups is 1. The van der Waals surface area contributed by atoms with Crippen LogP contribution in [0.1, 0.15) is 29.2 Å². The minimum absolute atomic E-state index is 0.342. The molecule has 3 rings (SSSR count). The molecule has 122 valence electrons. The number of carboxylic acid groups (broad SMARTS) is 1. The van der Waals surface area contributed by atoms with Crippen LogP contribution in [0.2, 0.25) is 0 Å². The molecule has 3 heteroatoms. The van der Waals surface area contributed by atoms with E-state index in [-0.39, 0.29) is 0 Å². The number of rotatable bonds is 3. The maximum absolute atomic E-state index is 11.0. The topological polar surface area (TPSA) is 53.1 Å². The van der Waals surface area contributed by atoms with Crippen LogP contribution in [-0.2, 0) is 4.79 Å². The molecule has 24 heavy (non-hydrogen) atoms. The maximum Gasteiger partial charge on any atom is 0.331 e. The molecule has 0 unspecified atom stereocenters. The molecule has 0 atom stereocenters. The first-order valence-corrected chi connectivity index (χ1v) is 7.98. The molecule has 2 N–H and O–H groups in total. The highest BCUT2D eigenvalue weighted by atomic mass is 16.4. The Morgan fingerprint density at radius 2 is 1.79 bits per heavy atom. The van der Waals surface area contributed by atoms with E-state index in [1.165, 1.54) is 22.1 Å². The molecule has 0 fully saturated rings. The van der Waals surface area contributed by atoms with Gasteiger partial charge < -0.3 is 10.1 Å². The predicted octanol–water partition coefficient (Wildman–Crippen LogP) is 5.25. The lowest BCUT2D eigenvalue weighted by molar-refractivity contribution is -0.132. The SMILES string of the molecule is CC(=Cc1cc(C)c(-c2ccc3[nH]cc(C)c3c2)cc1C)C(=O)O. The van der Waals surface area contributed by atoms with Crippen LogP contribution in [0.4, 0.5) is 0 Å². The molecule has 0 radical (unpaired) electrons. The molecular formula is C21H21NO2. The molecule has 0 amide bonds. The Bertz CT molecular complexity index is 977. The van der Waals surface area contributed by atoms with Crippen LogP contribution in [0.15, 0.2) is 42.1 Å². The molecule has 0 aliphatic heterocycles. The van der Waals surface area contributed by atoms with Gasteiger partial charge in [-0.2, -0.15) is 0 Å². The molecule has 1 heterocycles. The third kappa shape index (κ3) is 2.85. The summed E-state index contributed by atoms with van der Waals surface area (Å²) in [6.07, 6.45) is 3.75. The lowest BCUT2D eigenvalue weighted by Gasteiger charge is -2.11. The number of nitrogens with one attached hydrogen (secondary N) is 1. The predicted molar refractivity (Wildman–Crippen MR) is 99.2 cm³/mol. The van der Waals surface area contributed by atoms with Crippen LogP contribution < -0.4 is 0 Å². The van der Waals surface area contributed by atoms with Crippen LogP contribution >= 0.6 is 0 Å². The molecule has 0 aliphatic rings. The Hall–Kier alpha value is -2.81. The van der Waals surface area contributed by atoms with Crippen LogP contribution in [-0.4, -0.2) is 16.1 Å². The molecule has 0 aliphatic carbocycles. The number of fused-ring (bicyclic) bond motifs is 1. The number of aromatic nitrogens is 1. The summed E-state index contributed by atoms with van der Waals surface area (Å²) in [5.74, 6) is -0.885. The quantitative estimate of drug-likeness (QED) is 0.648. The number of aromatic amines is 1. The molecule has 0 bridgehead atoms. The highest BCUT2D eigenvalue weighted by Crippen LogP contribution is 2.30. The van der Waals surface area contributed by atoms with Crippen molar-refractivity contribution >= 4 is 22.9 Å². The van der Waals surface area contributed by atoms with Gasteiger partial charge in [0.05, 0.1) is 0 Å². The lowest BCUT2D eigenvalue weighted by atomic mass is 9.93. The molecule has 3 nitrogen and oxygen atoms in total. The highest BCUT2D eigenvalue weighted by Gasteiger charge is 2.09. The largest absolute Gasteiger partial charge is 0.478 e. The summed E-state index contributed by atoms with van der Waals surface area (Å²) in [4.78, 5) is 14.3. The Morgan fingerprint density at radius 3 is 2.50 bits per heavy atom. The number of carboxylic acids is 1. The van der Waals surface area contributed by atoms with Gasteiger partial charge in [0.1, 0.15) is 0 Å². The average Bonchev–Trinajstić information content (AvgIpc) is 2.91. The number of aryl methyl sites for hydroxylation is 3. The highest BCUT2D eigenvalue weighted by molar-refractivity contribution is 5.92. The number of benzene rings is 2. The van der Waals surface area contributed by atoms with Crippen molar-refractivity contribution in [2.45, 2.75) is 27.7 Å². The van der Waals surface area contributed by atoms with Crippen molar-refractivity contribution in [3.05, 3.63) is 64.4 Å². The fourth-order valence-electron chi connectivity index (χ4n) is 3.03. The molecule has 0 saturated heterocycles. The molecule has 2 aromatic carbocycles. The van der Waals surface area contributed by atoms with E-state index in [1.807, 2.05) is 13.1 Å². The second kappa shape index (κ2) is 6.00. The first-order chi connectivity index (χ1) is 11.4. The summed E-state index contributed by atoms with van der Waals surface area (Å²) >= 11 is 0. The maximum atomic E-state index is 11.0. The Labute approximate surface area is 141 Å².